The Morgan fingerprint density at radius 3 is 2.52 bits per heavy atom. The van der Waals surface area contributed by atoms with Crippen molar-refractivity contribution in [1.29, 1.82) is 0 Å². The molecule has 4 rings (SSSR count). The van der Waals surface area contributed by atoms with Crippen molar-refractivity contribution in [3.63, 3.8) is 0 Å². The van der Waals surface area contributed by atoms with Crippen LogP contribution in [0.1, 0.15) is 29.7 Å². The molecule has 2 heterocycles. The molecule has 6 nitrogen and oxygen atoms in total. The zero-order valence-electron chi connectivity index (χ0n) is 12.5. The maximum absolute atomic E-state index is 10.8. The molecule has 2 atom stereocenters. The van der Waals surface area contributed by atoms with E-state index in [1.54, 1.807) is 12.1 Å². The quantitative estimate of drug-likeness (QED) is 0.628. The molecule has 6 heteroatoms. The Labute approximate surface area is 132 Å². The standard InChI is InChI=1S/C17H15NO5/c1-10-6-12-7-15-16(22-9-21-15)8-14(12)17(23-10)11-2-4-13(5-3-11)18(19)20/h2-5,7-8,10,17H,6,9H2,1H3/t10-,17?/m0/s1. The molecule has 0 bridgehead atoms. The van der Waals surface area contributed by atoms with Gasteiger partial charge in [-0.15, -0.1) is 0 Å². The van der Waals surface area contributed by atoms with Crippen molar-refractivity contribution < 1.29 is 19.1 Å². The summed E-state index contributed by atoms with van der Waals surface area (Å²) in [7, 11) is 0. The van der Waals surface area contributed by atoms with Gasteiger partial charge in [0.2, 0.25) is 6.79 Å². The van der Waals surface area contributed by atoms with Crippen LogP contribution in [0.25, 0.3) is 0 Å². The molecule has 2 aliphatic heterocycles. The van der Waals surface area contributed by atoms with Crippen molar-refractivity contribution >= 4 is 5.69 Å². The molecule has 0 amide bonds. The maximum Gasteiger partial charge on any atom is 0.269 e. The average Bonchev–Trinajstić information content (AvgIpc) is 2.99. The molecular weight excluding hydrogens is 298 g/mol. The number of non-ortho nitro benzene ring substituents is 1. The van der Waals surface area contributed by atoms with Gasteiger partial charge in [0.25, 0.3) is 5.69 Å². The summed E-state index contributed by atoms with van der Waals surface area (Å²) in [5.41, 5.74) is 3.16. The fraction of sp³-hybridized carbons (Fsp3) is 0.294. The number of benzene rings is 2. The first-order chi connectivity index (χ1) is 11.1. The summed E-state index contributed by atoms with van der Waals surface area (Å²) in [4.78, 5) is 10.4. The summed E-state index contributed by atoms with van der Waals surface area (Å²) in [6, 6.07) is 10.5. The van der Waals surface area contributed by atoms with Crippen molar-refractivity contribution in [2.75, 3.05) is 6.79 Å². The summed E-state index contributed by atoms with van der Waals surface area (Å²) >= 11 is 0. The van der Waals surface area contributed by atoms with E-state index in [1.807, 2.05) is 19.1 Å². The molecule has 2 aliphatic rings. The van der Waals surface area contributed by atoms with E-state index in [4.69, 9.17) is 14.2 Å². The number of nitro groups is 1. The molecule has 23 heavy (non-hydrogen) atoms. The first kappa shape index (κ1) is 14.0. The maximum atomic E-state index is 10.8. The fourth-order valence-corrected chi connectivity index (χ4v) is 3.11. The summed E-state index contributed by atoms with van der Waals surface area (Å²) in [5, 5.41) is 10.8. The average molecular weight is 313 g/mol. The number of fused-ring (bicyclic) bond motifs is 2. The van der Waals surface area contributed by atoms with E-state index in [-0.39, 0.29) is 24.7 Å². The van der Waals surface area contributed by atoms with Crippen LogP contribution in [0.15, 0.2) is 36.4 Å². The molecule has 1 unspecified atom stereocenters. The molecule has 0 aliphatic carbocycles. The van der Waals surface area contributed by atoms with Crippen LogP contribution in [0.4, 0.5) is 5.69 Å². The van der Waals surface area contributed by atoms with Crippen LogP contribution < -0.4 is 9.47 Å². The largest absolute Gasteiger partial charge is 0.454 e. The third kappa shape index (κ3) is 2.41. The van der Waals surface area contributed by atoms with Crippen LogP contribution in [0.2, 0.25) is 0 Å². The second kappa shape index (κ2) is 5.24. The molecule has 2 aromatic rings. The van der Waals surface area contributed by atoms with Crippen molar-refractivity contribution in [2.45, 2.75) is 25.6 Å². The number of rotatable bonds is 2. The van der Waals surface area contributed by atoms with Gasteiger partial charge in [0.15, 0.2) is 11.5 Å². The molecule has 0 saturated carbocycles. The SMILES string of the molecule is C[C@H]1Cc2cc3c(cc2C(c2ccc([N+](=O)[O-])cc2)O1)OCO3. The van der Waals surface area contributed by atoms with Crippen molar-refractivity contribution in [3.05, 3.63) is 63.2 Å². The third-order valence-corrected chi connectivity index (χ3v) is 4.20. The molecule has 0 fully saturated rings. The van der Waals surface area contributed by atoms with E-state index in [9.17, 15) is 10.1 Å². The number of hydrogen-bond donors (Lipinski definition) is 0. The van der Waals surface area contributed by atoms with Crippen molar-refractivity contribution in [2.24, 2.45) is 0 Å². The summed E-state index contributed by atoms with van der Waals surface area (Å²) in [6.45, 7) is 2.25. The topological polar surface area (TPSA) is 70.8 Å². The highest BCUT2D eigenvalue weighted by molar-refractivity contribution is 5.52. The van der Waals surface area contributed by atoms with Crippen molar-refractivity contribution in [1.82, 2.24) is 0 Å². The lowest BCUT2D eigenvalue weighted by Gasteiger charge is -2.31. The lowest BCUT2D eigenvalue weighted by Crippen LogP contribution is -2.24. The molecule has 0 radical (unpaired) electrons. The normalized spacial score (nSPS) is 21.8. The predicted molar refractivity (Wildman–Crippen MR) is 81.8 cm³/mol. The van der Waals surface area contributed by atoms with Crippen LogP contribution in [-0.2, 0) is 11.2 Å². The van der Waals surface area contributed by atoms with Gasteiger partial charge in [-0.05, 0) is 54.3 Å². The Balaban J connectivity index is 1.76. The molecule has 0 aromatic heterocycles. The van der Waals surface area contributed by atoms with Gasteiger partial charge < -0.3 is 14.2 Å². The van der Waals surface area contributed by atoms with Crippen LogP contribution in [0.3, 0.4) is 0 Å². The number of nitro benzene ring substituents is 1. The van der Waals surface area contributed by atoms with E-state index in [1.165, 1.54) is 12.1 Å². The molecule has 0 N–H and O–H groups in total. The lowest BCUT2D eigenvalue weighted by atomic mass is 9.90. The number of hydrogen-bond acceptors (Lipinski definition) is 5. The van der Waals surface area contributed by atoms with Crippen molar-refractivity contribution in [3.8, 4) is 11.5 Å². The summed E-state index contributed by atoms with van der Waals surface area (Å²) < 4.78 is 17.0. The van der Waals surface area contributed by atoms with Gasteiger partial charge in [-0.2, -0.15) is 0 Å². The van der Waals surface area contributed by atoms with E-state index >= 15 is 0 Å². The molecule has 0 saturated heterocycles. The first-order valence-corrected chi connectivity index (χ1v) is 7.44. The van der Waals surface area contributed by atoms with Gasteiger partial charge in [0.1, 0.15) is 6.10 Å². The van der Waals surface area contributed by atoms with Gasteiger partial charge in [0.05, 0.1) is 11.0 Å². The minimum atomic E-state index is -0.403. The van der Waals surface area contributed by atoms with E-state index in [0.717, 1.165) is 28.9 Å². The van der Waals surface area contributed by atoms with Gasteiger partial charge in [0, 0.05) is 12.1 Å². The minimum Gasteiger partial charge on any atom is -0.454 e. The first-order valence-electron chi connectivity index (χ1n) is 7.44. The van der Waals surface area contributed by atoms with Gasteiger partial charge in [-0.3, -0.25) is 10.1 Å². The van der Waals surface area contributed by atoms with Crippen LogP contribution in [-0.4, -0.2) is 17.8 Å². The smallest absolute Gasteiger partial charge is 0.269 e. The number of nitrogens with zero attached hydrogens (tertiary/aromatic N) is 1. The Morgan fingerprint density at radius 1 is 1.13 bits per heavy atom. The minimum absolute atomic E-state index is 0.0584. The zero-order valence-corrected chi connectivity index (χ0v) is 12.5. The Morgan fingerprint density at radius 2 is 1.83 bits per heavy atom. The second-order valence-electron chi connectivity index (χ2n) is 5.78. The number of ether oxygens (including phenoxy) is 3. The Kier molecular flexibility index (Phi) is 3.20. The Bertz CT molecular complexity index is 771. The molecule has 2 aromatic carbocycles. The van der Waals surface area contributed by atoms with Crippen LogP contribution in [0.5, 0.6) is 11.5 Å². The summed E-state index contributed by atoms with van der Waals surface area (Å²) in [5.74, 6) is 1.48. The predicted octanol–water partition coefficient (Wildman–Crippen LogP) is 3.37. The van der Waals surface area contributed by atoms with E-state index in [2.05, 4.69) is 0 Å². The highest BCUT2D eigenvalue weighted by Gasteiger charge is 2.30. The highest BCUT2D eigenvalue weighted by Crippen LogP contribution is 2.43. The fourth-order valence-electron chi connectivity index (χ4n) is 3.11. The summed E-state index contributed by atoms with van der Waals surface area (Å²) in [6.07, 6.45) is 0.599. The molecule has 118 valence electrons. The lowest BCUT2D eigenvalue weighted by molar-refractivity contribution is -0.384. The van der Waals surface area contributed by atoms with Gasteiger partial charge in [-0.1, -0.05) is 0 Å². The molecular formula is C17H15NO5. The van der Waals surface area contributed by atoms with Gasteiger partial charge >= 0.3 is 0 Å². The zero-order chi connectivity index (χ0) is 16.0. The second-order valence-corrected chi connectivity index (χ2v) is 5.78. The van der Waals surface area contributed by atoms with E-state index in [0.29, 0.717) is 5.75 Å². The highest BCUT2D eigenvalue weighted by atomic mass is 16.7. The van der Waals surface area contributed by atoms with Gasteiger partial charge in [-0.25, -0.2) is 0 Å². The molecule has 0 spiro atoms. The Hall–Kier alpha value is -2.60. The van der Waals surface area contributed by atoms with E-state index < -0.39 is 4.92 Å². The third-order valence-electron chi connectivity index (χ3n) is 4.20. The van der Waals surface area contributed by atoms with Crippen LogP contribution >= 0.6 is 0 Å². The monoisotopic (exact) mass is 313 g/mol. The van der Waals surface area contributed by atoms with Crippen LogP contribution in [0, 0.1) is 10.1 Å².